The lowest BCUT2D eigenvalue weighted by atomic mass is 10.1. The lowest BCUT2D eigenvalue weighted by molar-refractivity contribution is 0.199. The van der Waals surface area contributed by atoms with Gasteiger partial charge in [-0.2, -0.15) is 0 Å². The molecular weight excluding hydrogens is 410 g/mol. The first-order valence-electron chi connectivity index (χ1n) is 10.7. The van der Waals surface area contributed by atoms with E-state index < -0.39 is 0 Å². The molecule has 8 nitrogen and oxygen atoms in total. The molecule has 0 saturated heterocycles. The molecule has 1 aliphatic carbocycles. The highest BCUT2D eigenvalue weighted by Crippen LogP contribution is 2.36. The van der Waals surface area contributed by atoms with Crippen molar-refractivity contribution in [3.8, 4) is 23.0 Å². The van der Waals surface area contributed by atoms with E-state index in [1.165, 1.54) is 12.8 Å². The van der Waals surface area contributed by atoms with Crippen LogP contribution in [0.4, 0.5) is 10.5 Å². The number of benzene rings is 2. The highest BCUT2D eigenvalue weighted by atomic mass is 16.5. The lowest BCUT2D eigenvalue weighted by Crippen LogP contribution is -2.35. The van der Waals surface area contributed by atoms with Crippen LogP contribution in [0.15, 0.2) is 48.8 Å². The van der Waals surface area contributed by atoms with Crippen LogP contribution in [0, 0.1) is 0 Å². The summed E-state index contributed by atoms with van der Waals surface area (Å²) in [5.41, 5.74) is 1.50. The summed E-state index contributed by atoms with van der Waals surface area (Å²) in [6.45, 7) is 0. The fourth-order valence-corrected chi connectivity index (χ4v) is 4.07. The van der Waals surface area contributed by atoms with E-state index in [1.54, 1.807) is 56.8 Å². The largest absolute Gasteiger partial charge is 0.493 e. The van der Waals surface area contributed by atoms with Gasteiger partial charge in [-0.3, -0.25) is 4.90 Å². The molecule has 2 N–H and O–H groups in total. The number of urea groups is 1. The highest BCUT2D eigenvalue weighted by Gasteiger charge is 2.28. The number of hydrogen-bond donors (Lipinski definition) is 2. The summed E-state index contributed by atoms with van der Waals surface area (Å²) in [6.07, 6.45) is 7.77. The third-order valence-corrected chi connectivity index (χ3v) is 5.74. The molecular formula is C24H29N3O5. The topological polar surface area (TPSA) is 81.3 Å². The molecule has 2 aliphatic rings. The monoisotopic (exact) mass is 439 g/mol. The first-order chi connectivity index (χ1) is 15.6. The Balaban J connectivity index is 1.51. The Morgan fingerprint density at radius 3 is 2.34 bits per heavy atom. The Labute approximate surface area is 188 Å². The van der Waals surface area contributed by atoms with Gasteiger partial charge in [0.25, 0.3) is 0 Å². The zero-order valence-corrected chi connectivity index (χ0v) is 18.6. The number of carbonyl (C=O) groups is 1. The lowest BCUT2D eigenvalue weighted by Gasteiger charge is -2.26. The minimum absolute atomic E-state index is 0.207. The summed E-state index contributed by atoms with van der Waals surface area (Å²) in [5, 5.41) is 6.14. The van der Waals surface area contributed by atoms with Crippen molar-refractivity contribution in [2.24, 2.45) is 0 Å². The van der Waals surface area contributed by atoms with Gasteiger partial charge >= 0.3 is 6.03 Å². The maximum atomic E-state index is 13.0. The van der Waals surface area contributed by atoms with Crippen LogP contribution in [-0.2, 0) is 0 Å². The smallest absolute Gasteiger partial charge is 0.327 e. The maximum Gasteiger partial charge on any atom is 0.327 e. The number of ether oxygens (including phenoxy) is 4. The summed E-state index contributed by atoms with van der Waals surface area (Å²) < 4.78 is 22.3. The Kier molecular flexibility index (Phi) is 6.58. The van der Waals surface area contributed by atoms with Crippen molar-refractivity contribution in [1.29, 1.82) is 0 Å². The molecule has 8 heteroatoms. The van der Waals surface area contributed by atoms with E-state index in [2.05, 4.69) is 10.6 Å². The zero-order valence-electron chi connectivity index (χ0n) is 18.6. The molecule has 1 heterocycles. The van der Waals surface area contributed by atoms with Crippen molar-refractivity contribution in [2.75, 3.05) is 26.6 Å². The number of anilines is 1. The van der Waals surface area contributed by atoms with Crippen LogP contribution in [0.2, 0.25) is 0 Å². The summed E-state index contributed by atoms with van der Waals surface area (Å²) in [5.74, 6) is 2.53. The number of methoxy groups -OCH3 is 3. The molecule has 0 radical (unpaired) electrons. The molecule has 0 spiro atoms. The molecule has 4 rings (SSSR count). The summed E-state index contributed by atoms with van der Waals surface area (Å²) in [6, 6.07) is 10.7. The predicted octanol–water partition coefficient (Wildman–Crippen LogP) is 4.64. The second-order valence-electron chi connectivity index (χ2n) is 7.73. The van der Waals surface area contributed by atoms with Gasteiger partial charge in [0, 0.05) is 24.2 Å². The molecule has 2 aromatic rings. The first kappa shape index (κ1) is 21.7. The van der Waals surface area contributed by atoms with E-state index in [0.29, 0.717) is 28.7 Å². The maximum absolute atomic E-state index is 13.0. The molecule has 2 amide bonds. The van der Waals surface area contributed by atoms with Crippen LogP contribution in [0.5, 0.6) is 23.0 Å². The van der Waals surface area contributed by atoms with Gasteiger partial charge in [0.05, 0.1) is 27.4 Å². The van der Waals surface area contributed by atoms with E-state index in [4.69, 9.17) is 18.9 Å². The standard InChI is InChI=1S/C24H29N3O5/c1-29-19-11-9-17(15-21(19)31-3)26-24(28)27-13-12-25-23(27)16-8-10-20(30-2)22(14-16)32-18-6-4-5-7-18/h8-15,18,23,25H,4-7H2,1-3H3,(H,26,28). The van der Waals surface area contributed by atoms with Crippen molar-refractivity contribution in [2.45, 2.75) is 38.0 Å². The highest BCUT2D eigenvalue weighted by molar-refractivity contribution is 5.91. The number of carbonyl (C=O) groups excluding carboxylic acids is 1. The molecule has 1 fully saturated rings. The molecule has 1 saturated carbocycles. The number of nitrogens with one attached hydrogen (secondary N) is 2. The average Bonchev–Trinajstić information content (AvgIpc) is 3.51. The fraction of sp³-hybridized carbons (Fsp3) is 0.375. The van der Waals surface area contributed by atoms with Crippen LogP contribution >= 0.6 is 0 Å². The molecule has 1 atom stereocenters. The Bertz CT molecular complexity index is 988. The molecule has 170 valence electrons. The van der Waals surface area contributed by atoms with Crippen LogP contribution in [0.1, 0.15) is 37.4 Å². The second kappa shape index (κ2) is 9.72. The first-order valence-corrected chi connectivity index (χ1v) is 10.7. The number of hydrogen-bond acceptors (Lipinski definition) is 6. The number of amides is 2. The number of nitrogens with zero attached hydrogens (tertiary/aromatic N) is 1. The van der Waals surface area contributed by atoms with Crippen molar-refractivity contribution in [1.82, 2.24) is 10.2 Å². The molecule has 0 bridgehead atoms. The summed E-state index contributed by atoms with van der Waals surface area (Å²) >= 11 is 0. The van der Waals surface area contributed by atoms with Gasteiger partial charge in [0.1, 0.15) is 6.17 Å². The Morgan fingerprint density at radius 2 is 1.62 bits per heavy atom. The van der Waals surface area contributed by atoms with E-state index in [1.807, 2.05) is 18.2 Å². The van der Waals surface area contributed by atoms with Crippen molar-refractivity contribution in [3.05, 3.63) is 54.4 Å². The van der Waals surface area contributed by atoms with Gasteiger partial charge in [0.15, 0.2) is 23.0 Å². The van der Waals surface area contributed by atoms with Gasteiger partial charge in [0.2, 0.25) is 0 Å². The molecule has 2 aromatic carbocycles. The average molecular weight is 440 g/mol. The predicted molar refractivity (Wildman–Crippen MR) is 121 cm³/mol. The van der Waals surface area contributed by atoms with Crippen molar-refractivity contribution in [3.63, 3.8) is 0 Å². The summed E-state index contributed by atoms with van der Waals surface area (Å²) in [4.78, 5) is 14.6. The minimum atomic E-state index is -0.369. The molecule has 1 aliphatic heterocycles. The van der Waals surface area contributed by atoms with E-state index in [9.17, 15) is 4.79 Å². The van der Waals surface area contributed by atoms with Gasteiger partial charge in [-0.1, -0.05) is 6.07 Å². The van der Waals surface area contributed by atoms with E-state index >= 15 is 0 Å². The van der Waals surface area contributed by atoms with Crippen molar-refractivity contribution < 1.29 is 23.7 Å². The number of rotatable bonds is 7. The van der Waals surface area contributed by atoms with Gasteiger partial charge in [-0.05, 0) is 55.5 Å². The second-order valence-corrected chi connectivity index (χ2v) is 7.73. The summed E-state index contributed by atoms with van der Waals surface area (Å²) in [7, 11) is 4.76. The molecule has 1 unspecified atom stereocenters. The van der Waals surface area contributed by atoms with Gasteiger partial charge in [-0.25, -0.2) is 4.79 Å². The fourth-order valence-electron chi connectivity index (χ4n) is 4.07. The van der Waals surface area contributed by atoms with Crippen LogP contribution in [-0.4, -0.2) is 38.4 Å². The third kappa shape index (κ3) is 4.54. The van der Waals surface area contributed by atoms with Crippen LogP contribution in [0.25, 0.3) is 0 Å². The SMILES string of the molecule is COc1ccc(NC(=O)N2C=CNC2c2ccc(OC)c(OC3CCCC3)c2)cc1OC. The third-order valence-electron chi connectivity index (χ3n) is 5.74. The van der Waals surface area contributed by atoms with Gasteiger partial charge < -0.3 is 29.6 Å². The Morgan fingerprint density at radius 1 is 0.938 bits per heavy atom. The molecule has 0 aromatic heterocycles. The normalized spacial score (nSPS) is 17.7. The van der Waals surface area contributed by atoms with Crippen molar-refractivity contribution >= 4 is 11.7 Å². The van der Waals surface area contributed by atoms with Crippen LogP contribution in [0.3, 0.4) is 0 Å². The minimum Gasteiger partial charge on any atom is -0.493 e. The quantitative estimate of drug-likeness (QED) is 0.654. The van der Waals surface area contributed by atoms with Gasteiger partial charge in [-0.15, -0.1) is 0 Å². The zero-order chi connectivity index (χ0) is 22.5. The van der Waals surface area contributed by atoms with E-state index in [-0.39, 0.29) is 18.3 Å². The Hall–Kier alpha value is -3.55. The van der Waals surface area contributed by atoms with E-state index in [0.717, 1.165) is 18.4 Å². The van der Waals surface area contributed by atoms with Crippen LogP contribution < -0.4 is 29.6 Å². The molecule has 32 heavy (non-hydrogen) atoms.